The van der Waals surface area contributed by atoms with Crippen LogP contribution in [0.4, 0.5) is 11.4 Å². The zero-order valence-corrected chi connectivity index (χ0v) is 17.8. The summed E-state index contributed by atoms with van der Waals surface area (Å²) in [7, 11) is -3.73. The molecule has 0 saturated heterocycles. The summed E-state index contributed by atoms with van der Waals surface area (Å²) in [6, 6.07) is 18.4. The van der Waals surface area contributed by atoms with E-state index in [4.69, 9.17) is 0 Å². The average Bonchev–Trinajstić information content (AvgIpc) is 2.65. The van der Waals surface area contributed by atoms with Crippen LogP contribution in [0.25, 0.3) is 0 Å². The largest absolute Gasteiger partial charge is 0.322 e. The smallest absolute Gasteiger partial charge is 0.261 e. The van der Waals surface area contributed by atoms with E-state index in [0.717, 1.165) is 15.6 Å². The molecule has 0 aliphatic heterocycles. The summed E-state index contributed by atoms with van der Waals surface area (Å²) in [5.41, 5.74) is 3.31. The molecule has 2 N–H and O–H groups in total. The molecule has 0 aromatic heterocycles. The van der Waals surface area contributed by atoms with Gasteiger partial charge in [-0.3, -0.25) is 9.52 Å². The zero-order chi connectivity index (χ0) is 20.3. The Bertz CT molecular complexity index is 1130. The van der Waals surface area contributed by atoms with Gasteiger partial charge in [0, 0.05) is 21.4 Å². The maximum absolute atomic E-state index is 12.5. The number of carbonyl (C=O) groups excluding carboxylic acids is 1. The number of amides is 1. The lowest BCUT2D eigenvalue weighted by Crippen LogP contribution is -2.15. The van der Waals surface area contributed by atoms with Gasteiger partial charge in [-0.15, -0.1) is 0 Å². The number of anilines is 2. The second-order valence-electron chi connectivity index (χ2n) is 6.42. The predicted molar refractivity (Wildman–Crippen MR) is 115 cm³/mol. The van der Waals surface area contributed by atoms with Crippen LogP contribution in [-0.2, 0) is 10.0 Å². The van der Waals surface area contributed by atoms with E-state index in [9.17, 15) is 13.2 Å². The molecule has 28 heavy (non-hydrogen) atoms. The first-order valence-corrected chi connectivity index (χ1v) is 10.8. The van der Waals surface area contributed by atoms with E-state index >= 15 is 0 Å². The van der Waals surface area contributed by atoms with Crippen molar-refractivity contribution < 1.29 is 13.2 Å². The normalized spacial score (nSPS) is 11.1. The fraction of sp³-hybridized carbons (Fsp3) is 0.0952. The SMILES string of the molecule is Cc1ccc(S(=O)(=O)Nc2cccc(C(=O)Nc3ccc(Br)c(C)c3)c2)cc1. The lowest BCUT2D eigenvalue weighted by Gasteiger charge is -2.11. The lowest BCUT2D eigenvalue weighted by molar-refractivity contribution is 0.102. The molecule has 0 spiro atoms. The first-order chi connectivity index (χ1) is 13.2. The number of halogens is 1. The maximum atomic E-state index is 12.5. The van der Waals surface area contributed by atoms with Crippen molar-refractivity contribution in [3.8, 4) is 0 Å². The van der Waals surface area contributed by atoms with Gasteiger partial charge in [-0.1, -0.05) is 39.7 Å². The molecule has 0 unspecified atom stereocenters. The van der Waals surface area contributed by atoms with Crippen LogP contribution in [0.5, 0.6) is 0 Å². The molecule has 0 saturated carbocycles. The Kier molecular flexibility index (Phi) is 5.86. The van der Waals surface area contributed by atoms with E-state index < -0.39 is 10.0 Å². The monoisotopic (exact) mass is 458 g/mol. The summed E-state index contributed by atoms with van der Waals surface area (Å²) in [6.07, 6.45) is 0. The number of sulfonamides is 1. The minimum Gasteiger partial charge on any atom is -0.322 e. The molecule has 0 radical (unpaired) electrons. The van der Waals surface area contributed by atoms with E-state index in [2.05, 4.69) is 26.0 Å². The summed E-state index contributed by atoms with van der Waals surface area (Å²) in [5, 5.41) is 2.82. The molecule has 0 fully saturated rings. The van der Waals surface area contributed by atoms with E-state index in [0.29, 0.717) is 16.9 Å². The Morgan fingerprint density at radius 3 is 2.29 bits per heavy atom. The lowest BCUT2D eigenvalue weighted by atomic mass is 10.1. The predicted octanol–water partition coefficient (Wildman–Crippen LogP) is 5.12. The number of nitrogens with one attached hydrogen (secondary N) is 2. The van der Waals surface area contributed by atoms with Crippen LogP contribution < -0.4 is 10.0 Å². The average molecular weight is 459 g/mol. The Balaban J connectivity index is 1.78. The topological polar surface area (TPSA) is 75.3 Å². The Hall–Kier alpha value is -2.64. The molecule has 144 valence electrons. The minimum absolute atomic E-state index is 0.165. The standard InChI is InChI=1S/C21H19BrN2O3S/c1-14-6-9-19(10-7-14)28(26,27)24-18-5-3-4-16(13-18)21(25)23-17-8-11-20(22)15(2)12-17/h3-13,24H,1-2H3,(H,23,25). The zero-order valence-electron chi connectivity index (χ0n) is 15.4. The summed E-state index contributed by atoms with van der Waals surface area (Å²) in [6.45, 7) is 3.82. The molecule has 0 atom stereocenters. The summed E-state index contributed by atoms with van der Waals surface area (Å²) in [4.78, 5) is 12.7. The summed E-state index contributed by atoms with van der Waals surface area (Å²) in [5.74, 6) is -0.321. The molecule has 3 rings (SSSR count). The van der Waals surface area contributed by atoms with Crippen LogP contribution in [0.15, 0.2) is 76.1 Å². The number of hydrogen-bond acceptors (Lipinski definition) is 3. The van der Waals surface area contributed by atoms with E-state index in [1.807, 2.05) is 26.0 Å². The highest BCUT2D eigenvalue weighted by atomic mass is 79.9. The Morgan fingerprint density at radius 1 is 0.893 bits per heavy atom. The molecule has 0 aliphatic carbocycles. The molecule has 0 heterocycles. The van der Waals surface area contributed by atoms with Crippen molar-refractivity contribution in [1.29, 1.82) is 0 Å². The third kappa shape index (κ3) is 4.79. The van der Waals surface area contributed by atoms with Crippen molar-refractivity contribution in [3.05, 3.63) is 87.9 Å². The van der Waals surface area contributed by atoms with Gasteiger partial charge in [-0.05, 0) is 67.9 Å². The van der Waals surface area contributed by atoms with Crippen LogP contribution >= 0.6 is 15.9 Å². The fourth-order valence-corrected chi connectivity index (χ4v) is 3.88. The molecule has 3 aromatic rings. The Labute approximate surface area is 173 Å². The number of rotatable bonds is 5. The highest BCUT2D eigenvalue weighted by Crippen LogP contribution is 2.22. The van der Waals surface area contributed by atoms with E-state index in [-0.39, 0.29) is 10.8 Å². The van der Waals surface area contributed by atoms with Crippen LogP contribution in [0.2, 0.25) is 0 Å². The minimum atomic E-state index is -3.73. The van der Waals surface area contributed by atoms with Gasteiger partial charge < -0.3 is 5.32 Å². The van der Waals surface area contributed by atoms with Gasteiger partial charge in [0.15, 0.2) is 0 Å². The van der Waals surface area contributed by atoms with Gasteiger partial charge in [-0.25, -0.2) is 8.42 Å². The number of carbonyl (C=O) groups is 1. The maximum Gasteiger partial charge on any atom is 0.261 e. The molecular formula is C21H19BrN2O3S. The van der Waals surface area contributed by atoms with Crippen LogP contribution in [0.3, 0.4) is 0 Å². The van der Waals surface area contributed by atoms with Crippen molar-refractivity contribution in [2.24, 2.45) is 0 Å². The molecule has 3 aromatic carbocycles. The van der Waals surface area contributed by atoms with E-state index in [1.165, 1.54) is 6.07 Å². The first kappa shape index (κ1) is 20.1. The highest BCUT2D eigenvalue weighted by molar-refractivity contribution is 9.10. The molecular weight excluding hydrogens is 440 g/mol. The Morgan fingerprint density at radius 2 is 1.61 bits per heavy atom. The third-order valence-electron chi connectivity index (χ3n) is 4.12. The van der Waals surface area contributed by atoms with Gasteiger partial charge in [0.25, 0.3) is 15.9 Å². The second kappa shape index (κ2) is 8.16. The van der Waals surface area contributed by atoms with Crippen molar-refractivity contribution in [2.45, 2.75) is 18.7 Å². The van der Waals surface area contributed by atoms with Crippen LogP contribution in [-0.4, -0.2) is 14.3 Å². The van der Waals surface area contributed by atoms with Crippen molar-refractivity contribution in [1.82, 2.24) is 0 Å². The molecule has 5 nitrogen and oxygen atoms in total. The number of hydrogen-bond donors (Lipinski definition) is 2. The van der Waals surface area contributed by atoms with Gasteiger partial charge in [0.1, 0.15) is 0 Å². The van der Waals surface area contributed by atoms with Crippen molar-refractivity contribution in [3.63, 3.8) is 0 Å². The first-order valence-electron chi connectivity index (χ1n) is 8.52. The van der Waals surface area contributed by atoms with E-state index in [1.54, 1.807) is 48.5 Å². The van der Waals surface area contributed by atoms with Crippen molar-refractivity contribution >= 4 is 43.2 Å². The summed E-state index contributed by atoms with van der Waals surface area (Å²) < 4.78 is 28.5. The van der Waals surface area contributed by atoms with Gasteiger partial charge >= 0.3 is 0 Å². The van der Waals surface area contributed by atoms with Gasteiger partial charge in [0.2, 0.25) is 0 Å². The molecule has 1 amide bonds. The fourth-order valence-electron chi connectivity index (χ4n) is 2.58. The highest BCUT2D eigenvalue weighted by Gasteiger charge is 2.15. The molecule has 7 heteroatoms. The quantitative estimate of drug-likeness (QED) is 0.556. The molecule has 0 bridgehead atoms. The van der Waals surface area contributed by atoms with Crippen LogP contribution in [0.1, 0.15) is 21.5 Å². The number of benzene rings is 3. The van der Waals surface area contributed by atoms with Gasteiger partial charge in [-0.2, -0.15) is 0 Å². The summed E-state index contributed by atoms with van der Waals surface area (Å²) >= 11 is 3.42. The van der Waals surface area contributed by atoms with Gasteiger partial charge in [0.05, 0.1) is 4.90 Å². The van der Waals surface area contributed by atoms with Crippen molar-refractivity contribution in [2.75, 3.05) is 10.0 Å². The number of aryl methyl sites for hydroxylation is 2. The third-order valence-corrected chi connectivity index (χ3v) is 6.41. The second-order valence-corrected chi connectivity index (χ2v) is 8.95. The van der Waals surface area contributed by atoms with Crippen LogP contribution in [0, 0.1) is 13.8 Å². The molecule has 0 aliphatic rings.